The molecule has 5 heteroatoms. The molecule has 1 aromatic heterocycles. The van der Waals surface area contributed by atoms with Crippen molar-refractivity contribution in [2.45, 2.75) is 13.1 Å². The first-order valence-corrected chi connectivity index (χ1v) is 6.37. The monoisotopic (exact) mass is 276 g/mol. The molecule has 1 aromatic carbocycles. The number of anilines is 1. The summed E-state index contributed by atoms with van der Waals surface area (Å²) in [7, 11) is 1.59. The molecule has 1 heterocycles. The fraction of sp³-hybridized carbons (Fsp3) is 0.267. The van der Waals surface area contributed by atoms with Gasteiger partial charge in [0.15, 0.2) is 0 Å². The maximum absolute atomic E-state index is 13.1. The van der Waals surface area contributed by atoms with Crippen LogP contribution in [-0.4, -0.2) is 18.3 Å². The van der Waals surface area contributed by atoms with Crippen molar-refractivity contribution in [3.63, 3.8) is 0 Å². The minimum Gasteiger partial charge on any atom is -0.383 e. The van der Waals surface area contributed by atoms with Crippen LogP contribution in [0.3, 0.4) is 0 Å². The molecule has 0 aliphatic heterocycles. The molecule has 2 aromatic rings. The molecule has 4 nitrogen and oxygen atoms in total. The average molecular weight is 276 g/mol. The molecule has 0 spiro atoms. The van der Waals surface area contributed by atoms with Crippen LogP contribution in [0.4, 0.5) is 10.1 Å². The van der Waals surface area contributed by atoms with Crippen molar-refractivity contribution in [3.8, 4) is 0 Å². The lowest BCUT2D eigenvalue weighted by molar-refractivity contribution is 0.186. The fourth-order valence-electron chi connectivity index (χ4n) is 1.85. The molecule has 0 fully saturated rings. The Morgan fingerprint density at radius 1 is 1.30 bits per heavy atom. The van der Waals surface area contributed by atoms with E-state index >= 15 is 0 Å². The van der Waals surface area contributed by atoms with Crippen LogP contribution in [0.25, 0.3) is 0 Å². The van der Waals surface area contributed by atoms with Crippen molar-refractivity contribution in [2.24, 2.45) is 0 Å². The van der Waals surface area contributed by atoms with Gasteiger partial charge in [-0.1, -0.05) is 12.1 Å². The summed E-state index contributed by atoms with van der Waals surface area (Å²) in [6, 6.07) is 9.62. The van der Waals surface area contributed by atoms with Crippen molar-refractivity contribution in [1.29, 1.82) is 0 Å². The summed E-state index contributed by atoms with van der Waals surface area (Å²) in [5.41, 5.74) is 1.59. The van der Waals surface area contributed by atoms with Gasteiger partial charge in [-0.25, -0.2) is 4.39 Å². The normalized spacial score (nSPS) is 10.5. The summed E-state index contributed by atoms with van der Waals surface area (Å²) in [6.45, 7) is 1.48. The molecule has 0 radical (unpaired) electrons. The lowest BCUT2D eigenvalue weighted by Gasteiger charge is -2.10. The van der Waals surface area contributed by atoms with E-state index in [4.69, 9.17) is 4.74 Å². The van der Waals surface area contributed by atoms with E-state index in [1.807, 2.05) is 6.07 Å². The molecular formula is C15H17FN2O2. The summed E-state index contributed by atoms with van der Waals surface area (Å²) in [6.07, 6.45) is 1.74. The molecule has 0 amide bonds. The third-order valence-electron chi connectivity index (χ3n) is 2.91. The van der Waals surface area contributed by atoms with E-state index in [0.717, 1.165) is 11.3 Å². The molecule has 0 saturated carbocycles. The second-order valence-electron chi connectivity index (χ2n) is 4.43. The second kappa shape index (κ2) is 6.86. The molecule has 2 rings (SSSR count). The van der Waals surface area contributed by atoms with Gasteiger partial charge in [0.2, 0.25) is 0 Å². The van der Waals surface area contributed by atoms with E-state index in [2.05, 4.69) is 5.32 Å². The number of rotatable bonds is 6. The molecule has 0 bridgehead atoms. The first kappa shape index (κ1) is 14.3. The van der Waals surface area contributed by atoms with Gasteiger partial charge < -0.3 is 14.6 Å². The first-order valence-electron chi connectivity index (χ1n) is 6.37. The number of halogens is 1. The average Bonchev–Trinajstić information content (AvgIpc) is 2.45. The number of pyridine rings is 1. The van der Waals surface area contributed by atoms with Crippen LogP contribution < -0.4 is 10.9 Å². The highest BCUT2D eigenvalue weighted by atomic mass is 19.1. The van der Waals surface area contributed by atoms with Crippen LogP contribution >= 0.6 is 0 Å². The van der Waals surface area contributed by atoms with Gasteiger partial charge in [-0.15, -0.1) is 0 Å². The molecule has 0 saturated heterocycles. The second-order valence-corrected chi connectivity index (χ2v) is 4.43. The van der Waals surface area contributed by atoms with Crippen LogP contribution in [0.2, 0.25) is 0 Å². The zero-order valence-electron chi connectivity index (χ0n) is 11.3. The predicted molar refractivity (Wildman–Crippen MR) is 76.3 cm³/mol. The Kier molecular flexibility index (Phi) is 4.90. The van der Waals surface area contributed by atoms with Crippen LogP contribution in [-0.2, 0) is 17.8 Å². The van der Waals surface area contributed by atoms with Crippen molar-refractivity contribution < 1.29 is 9.13 Å². The van der Waals surface area contributed by atoms with E-state index in [-0.39, 0.29) is 11.4 Å². The van der Waals surface area contributed by atoms with E-state index in [1.54, 1.807) is 30.0 Å². The first-order chi connectivity index (χ1) is 9.69. The SMILES string of the molecule is COCCn1cc(NCc2cccc(F)c2)ccc1=O. The van der Waals surface area contributed by atoms with Crippen LogP contribution in [0.1, 0.15) is 5.56 Å². The highest BCUT2D eigenvalue weighted by molar-refractivity contribution is 5.41. The van der Waals surface area contributed by atoms with Gasteiger partial charge in [0.1, 0.15) is 5.82 Å². The molecule has 0 atom stereocenters. The highest BCUT2D eigenvalue weighted by Crippen LogP contribution is 2.08. The number of ether oxygens (including phenoxy) is 1. The zero-order chi connectivity index (χ0) is 14.4. The van der Waals surface area contributed by atoms with Crippen LogP contribution in [0.15, 0.2) is 47.4 Å². The minimum absolute atomic E-state index is 0.0710. The summed E-state index contributed by atoms with van der Waals surface area (Å²) in [5.74, 6) is -0.255. The van der Waals surface area contributed by atoms with Crippen molar-refractivity contribution >= 4 is 5.69 Å². The standard InChI is InChI=1S/C15H17FN2O2/c1-20-8-7-18-11-14(5-6-15(18)19)17-10-12-3-2-4-13(16)9-12/h2-6,9,11,17H,7-8,10H2,1H3. The topological polar surface area (TPSA) is 43.3 Å². The van der Waals surface area contributed by atoms with Crippen molar-refractivity contribution in [1.82, 2.24) is 4.57 Å². The molecule has 1 N–H and O–H groups in total. The maximum atomic E-state index is 13.1. The van der Waals surface area contributed by atoms with Gasteiger partial charge >= 0.3 is 0 Å². The number of nitrogens with one attached hydrogen (secondary N) is 1. The Morgan fingerprint density at radius 3 is 2.90 bits per heavy atom. The van der Waals surface area contributed by atoms with Crippen LogP contribution in [0, 0.1) is 5.82 Å². The van der Waals surface area contributed by atoms with Crippen molar-refractivity contribution in [3.05, 3.63) is 64.3 Å². The third kappa shape index (κ3) is 3.93. The number of hydrogen-bond donors (Lipinski definition) is 1. The van der Waals surface area contributed by atoms with E-state index in [1.165, 1.54) is 18.2 Å². The Bertz CT molecular complexity index is 625. The zero-order valence-corrected chi connectivity index (χ0v) is 11.3. The largest absolute Gasteiger partial charge is 0.383 e. The number of aromatic nitrogens is 1. The lowest BCUT2D eigenvalue weighted by Crippen LogP contribution is -2.21. The summed E-state index contributed by atoms with van der Waals surface area (Å²) in [4.78, 5) is 11.6. The summed E-state index contributed by atoms with van der Waals surface area (Å²) >= 11 is 0. The molecule has 0 aliphatic carbocycles. The van der Waals surface area contributed by atoms with E-state index in [0.29, 0.717) is 19.7 Å². The Balaban J connectivity index is 2.04. The highest BCUT2D eigenvalue weighted by Gasteiger charge is 2.00. The number of benzene rings is 1. The lowest BCUT2D eigenvalue weighted by atomic mass is 10.2. The quantitative estimate of drug-likeness (QED) is 0.880. The van der Waals surface area contributed by atoms with Gasteiger partial charge in [-0.2, -0.15) is 0 Å². The third-order valence-corrected chi connectivity index (χ3v) is 2.91. The Hall–Kier alpha value is -2.14. The molecular weight excluding hydrogens is 259 g/mol. The van der Waals surface area contributed by atoms with Gasteiger partial charge in [-0.05, 0) is 23.8 Å². The predicted octanol–water partition coefficient (Wildman–Crippen LogP) is 2.25. The van der Waals surface area contributed by atoms with Gasteiger partial charge in [0.25, 0.3) is 5.56 Å². The number of nitrogens with zero attached hydrogens (tertiary/aromatic N) is 1. The number of hydrogen-bond acceptors (Lipinski definition) is 3. The smallest absolute Gasteiger partial charge is 0.250 e. The summed E-state index contributed by atoms with van der Waals surface area (Å²) in [5, 5.41) is 3.16. The van der Waals surface area contributed by atoms with Gasteiger partial charge in [-0.3, -0.25) is 4.79 Å². The maximum Gasteiger partial charge on any atom is 0.250 e. The van der Waals surface area contributed by atoms with E-state index < -0.39 is 0 Å². The molecule has 20 heavy (non-hydrogen) atoms. The minimum atomic E-state index is -0.255. The van der Waals surface area contributed by atoms with E-state index in [9.17, 15) is 9.18 Å². The van der Waals surface area contributed by atoms with Crippen molar-refractivity contribution in [2.75, 3.05) is 19.0 Å². The number of methoxy groups -OCH3 is 1. The Morgan fingerprint density at radius 2 is 2.15 bits per heavy atom. The van der Waals surface area contributed by atoms with Gasteiger partial charge in [0.05, 0.1) is 12.3 Å². The fourth-order valence-corrected chi connectivity index (χ4v) is 1.85. The molecule has 0 unspecified atom stereocenters. The van der Waals surface area contributed by atoms with Crippen LogP contribution in [0.5, 0.6) is 0 Å². The molecule has 106 valence electrons. The molecule has 0 aliphatic rings. The summed E-state index contributed by atoms with van der Waals surface area (Å²) < 4.78 is 19.6. The van der Waals surface area contributed by atoms with Gasteiger partial charge in [0, 0.05) is 32.5 Å². The Labute approximate surface area is 116 Å².